The summed E-state index contributed by atoms with van der Waals surface area (Å²) in [6, 6.07) is 6.32. The first-order valence-corrected chi connectivity index (χ1v) is 10.4. The molecule has 2 N–H and O–H groups in total. The normalized spacial score (nSPS) is 14.1. The summed E-state index contributed by atoms with van der Waals surface area (Å²) in [5.74, 6) is 1.32. The van der Waals surface area contributed by atoms with Crippen molar-refractivity contribution in [2.75, 3.05) is 19.3 Å². The fraction of sp³-hybridized carbons (Fsp3) is 0.227. The van der Waals surface area contributed by atoms with Crippen molar-refractivity contribution in [2.45, 2.75) is 19.9 Å². The van der Waals surface area contributed by atoms with Gasteiger partial charge in [0.25, 0.3) is 5.88 Å². The Hall–Kier alpha value is -3.03. The van der Waals surface area contributed by atoms with Crippen LogP contribution in [-0.4, -0.2) is 33.4 Å². The first-order valence-electron chi connectivity index (χ1n) is 9.51. The van der Waals surface area contributed by atoms with Crippen LogP contribution in [0.4, 0.5) is 5.82 Å². The minimum atomic E-state index is 0.275. The Morgan fingerprint density at radius 2 is 2.14 bits per heavy atom. The Bertz CT molecular complexity index is 1220. The lowest BCUT2D eigenvalue weighted by Crippen LogP contribution is -2.27. The molecule has 0 fully saturated rings. The van der Waals surface area contributed by atoms with E-state index in [2.05, 4.69) is 41.0 Å². The highest BCUT2D eigenvalue weighted by Crippen LogP contribution is 2.36. The van der Waals surface area contributed by atoms with Gasteiger partial charge in [0.05, 0.1) is 16.6 Å². The number of rotatable bonds is 3. The number of nitrogen functional groups attached to an aromatic ring is 1. The Morgan fingerprint density at radius 3 is 3.03 bits per heavy atom. The van der Waals surface area contributed by atoms with E-state index in [0.29, 0.717) is 11.6 Å². The highest BCUT2D eigenvalue weighted by Gasteiger charge is 2.18. The van der Waals surface area contributed by atoms with Crippen LogP contribution in [0.5, 0.6) is 11.6 Å². The van der Waals surface area contributed by atoms with E-state index < -0.39 is 0 Å². The number of ether oxygens (including phenoxy) is 1. The number of aromatic nitrogens is 3. The molecule has 6 nitrogen and oxygen atoms in total. The van der Waals surface area contributed by atoms with Gasteiger partial charge in [0.2, 0.25) is 0 Å². The zero-order valence-electron chi connectivity index (χ0n) is 16.3. The first kappa shape index (κ1) is 18.0. The molecule has 29 heavy (non-hydrogen) atoms. The van der Waals surface area contributed by atoms with Crippen molar-refractivity contribution in [2.24, 2.45) is 0 Å². The summed E-state index contributed by atoms with van der Waals surface area (Å²) in [5.41, 5.74) is 12.0. The Kier molecular flexibility index (Phi) is 4.41. The molecular formula is C22H21N5OS. The smallest absolute Gasteiger partial charge is 0.263 e. The number of nitrogens with zero attached hydrogens (tertiary/aromatic N) is 4. The van der Waals surface area contributed by atoms with Gasteiger partial charge in [-0.15, -0.1) is 11.3 Å². The average molecular weight is 404 g/mol. The second-order valence-corrected chi connectivity index (χ2v) is 8.35. The number of likely N-dealkylation sites (N-methyl/N-ethyl adjacent to an activating group) is 1. The van der Waals surface area contributed by atoms with Gasteiger partial charge in [-0.3, -0.25) is 4.98 Å². The summed E-state index contributed by atoms with van der Waals surface area (Å²) >= 11 is 1.58. The molecule has 4 heterocycles. The van der Waals surface area contributed by atoms with E-state index in [4.69, 9.17) is 15.5 Å². The summed E-state index contributed by atoms with van der Waals surface area (Å²) in [6.07, 6.45) is 6.37. The second-order valence-electron chi connectivity index (χ2n) is 7.44. The van der Waals surface area contributed by atoms with Gasteiger partial charge in [0.1, 0.15) is 5.75 Å². The lowest BCUT2D eigenvalue weighted by molar-refractivity contribution is 0.312. The lowest BCUT2D eigenvalue weighted by atomic mass is 9.92. The van der Waals surface area contributed by atoms with Crippen LogP contribution in [0.2, 0.25) is 0 Å². The van der Waals surface area contributed by atoms with Gasteiger partial charge >= 0.3 is 0 Å². The Balaban J connectivity index is 1.53. The van der Waals surface area contributed by atoms with Crippen LogP contribution in [0.25, 0.3) is 21.3 Å². The van der Waals surface area contributed by atoms with E-state index in [9.17, 15) is 0 Å². The van der Waals surface area contributed by atoms with Gasteiger partial charge in [-0.2, -0.15) is 0 Å². The second kappa shape index (κ2) is 7.09. The molecule has 3 aromatic heterocycles. The van der Waals surface area contributed by atoms with Crippen molar-refractivity contribution in [1.82, 2.24) is 19.9 Å². The molecular weight excluding hydrogens is 382 g/mol. The molecule has 0 atom stereocenters. The monoisotopic (exact) mass is 403 g/mol. The molecule has 1 aromatic carbocycles. The molecule has 0 unspecified atom stereocenters. The predicted octanol–water partition coefficient (Wildman–Crippen LogP) is 4.42. The molecule has 0 amide bonds. The van der Waals surface area contributed by atoms with Crippen molar-refractivity contribution in [3.05, 3.63) is 58.9 Å². The zero-order chi connectivity index (χ0) is 20.0. The van der Waals surface area contributed by atoms with Gasteiger partial charge in [0.15, 0.2) is 5.82 Å². The molecule has 0 radical (unpaired) electrons. The molecule has 0 spiro atoms. The number of hydrogen-bond donors (Lipinski definition) is 1. The molecule has 1 aliphatic rings. The van der Waals surface area contributed by atoms with Crippen molar-refractivity contribution in [3.8, 4) is 22.9 Å². The van der Waals surface area contributed by atoms with Gasteiger partial charge < -0.3 is 15.4 Å². The Morgan fingerprint density at radius 1 is 1.24 bits per heavy atom. The SMILES string of the molecule is Cc1cc(-c2cnc(N)c(Oc3csc4cnccc34)n2)cc2c1CCN(C)C2. The zero-order valence-corrected chi connectivity index (χ0v) is 17.2. The molecule has 146 valence electrons. The maximum atomic E-state index is 6.07. The largest absolute Gasteiger partial charge is 0.434 e. The third kappa shape index (κ3) is 3.32. The van der Waals surface area contributed by atoms with Crippen LogP contribution in [0.1, 0.15) is 16.7 Å². The predicted molar refractivity (Wildman–Crippen MR) is 116 cm³/mol. The molecule has 7 heteroatoms. The summed E-state index contributed by atoms with van der Waals surface area (Å²) in [6.45, 7) is 4.21. The number of nitrogens with two attached hydrogens (primary N) is 1. The van der Waals surface area contributed by atoms with Gasteiger partial charge in [-0.1, -0.05) is 0 Å². The van der Waals surface area contributed by atoms with E-state index in [1.165, 1.54) is 16.7 Å². The number of benzene rings is 1. The quantitative estimate of drug-likeness (QED) is 0.545. The lowest BCUT2D eigenvalue weighted by Gasteiger charge is -2.27. The maximum absolute atomic E-state index is 6.07. The number of anilines is 1. The van der Waals surface area contributed by atoms with Crippen LogP contribution in [0.15, 0.2) is 42.2 Å². The number of thiophene rings is 1. The summed E-state index contributed by atoms with van der Waals surface area (Å²) in [5, 5.41) is 2.93. The van der Waals surface area contributed by atoms with E-state index in [-0.39, 0.29) is 5.82 Å². The number of pyridine rings is 1. The Labute approximate surface area is 173 Å². The maximum Gasteiger partial charge on any atom is 0.263 e. The van der Waals surface area contributed by atoms with E-state index >= 15 is 0 Å². The summed E-state index contributed by atoms with van der Waals surface area (Å²) in [4.78, 5) is 15.5. The third-order valence-electron chi connectivity index (χ3n) is 5.36. The van der Waals surface area contributed by atoms with Crippen molar-refractivity contribution in [1.29, 1.82) is 0 Å². The van der Waals surface area contributed by atoms with Crippen LogP contribution in [-0.2, 0) is 13.0 Å². The van der Waals surface area contributed by atoms with Crippen molar-refractivity contribution >= 4 is 27.2 Å². The van der Waals surface area contributed by atoms with Crippen LogP contribution >= 0.6 is 11.3 Å². The molecule has 0 saturated carbocycles. The first-order chi connectivity index (χ1) is 14.1. The fourth-order valence-electron chi connectivity index (χ4n) is 3.85. The van der Waals surface area contributed by atoms with Crippen molar-refractivity contribution < 1.29 is 4.74 Å². The number of fused-ring (bicyclic) bond motifs is 2. The minimum absolute atomic E-state index is 0.275. The highest BCUT2D eigenvalue weighted by molar-refractivity contribution is 7.17. The molecule has 0 bridgehead atoms. The molecule has 4 aromatic rings. The summed E-state index contributed by atoms with van der Waals surface area (Å²) in [7, 11) is 2.15. The third-order valence-corrected chi connectivity index (χ3v) is 6.27. The van der Waals surface area contributed by atoms with Gasteiger partial charge in [-0.05, 0) is 55.3 Å². The van der Waals surface area contributed by atoms with Crippen LogP contribution in [0, 0.1) is 6.92 Å². The summed E-state index contributed by atoms with van der Waals surface area (Å²) < 4.78 is 7.12. The molecule has 0 aliphatic carbocycles. The van der Waals surface area contributed by atoms with E-state index in [0.717, 1.165) is 40.9 Å². The van der Waals surface area contributed by atoms with Crippen LogP contribution < -0.4 is 10.5 Å². The molecule has 5 rings (SSSR count). The molecule has 1 aliphatic heterocycles. The van der Waals surface area contributed by atoms with Gasteiger partial charge in [0, 0.05) is 41.8 Å². The standard InChI is InChI=1S/C22H21N5OS/c1-13-7-14(8-15-11-27(2)6-4-16(13)15)18-9-25-21(23)22(26-18)28-19-12-29-20-10-24-5-3-17(19)20/h3,5,7-10,12H,4,6,11H2,1-2H3,(H2,23,25). The van der Waals surface area contributed by atoms with E-state index in [1.807, 2.05) is 17.6 Å². The average Bonchev–Trinajstić information content (AvgIpc) is 3.12. The van der Waals surface area contributed by atoms with Gasteiger partial charge in [-0.25, -0.2) is 9.97 Å². The molecule has 0 saturated heterocycles. The van der Waals surface area contributed by atoms with Crippen LogP contribution in [0.3, 0.4) is 0 Å². The minimum Gasteiger partial charge on any atom is -0.434 e. The fourth-order valence-corrected chi connectivity index (χ4v) is 4.67. The number of aryl methyl sites for hydroxylation is 1. The van der Waals surface area contributed by atoms with E-state index in [1.54, 1.807) is 23.7 Å². The number of hydrogen-bond acceptors (Lipinski definition) is 7. The van der Waals surface area contributed by atoms with Crippen molar-refractivity contribution in [3.63, 3.8) is 0 Å². The highest BCUT2D eigenvalue weighted by atomic mass is 32.1. The topological polar surface area (TPSA) is 77.2 Å².